The lowest BCUT2D eigenvalue weighted by atomic mass is 10.0. The number of hydroxylamine groups is 1. The van der Waals surface area contributed by atoms with Gasteiger partial charge in [-0.3, -0.25) is 14.4 Å². The van der Waals surface area contributed by atoms with Crippen LogP contribution in [-0.2, 0) is 25.8 Å². The molecule has 2 rings (SSSR count). The summed E-state index contributed by atoms with van der Waals surface area (Å²) in [4.78, 5) is 37.0. The van der Waals surface area contributed by atoms with Crippen molar-refractivity contribution in [2.24, 2.45) is 5.73 Å². The third-order valence-corrected chi connectivity index (χ3v) is 3.19. The largest absolute Gasteiger partial charge is 0.480 e. The fraction of sp³-hybridized carbons (Fsp3) is 0.158. The zero-order chi connectivity index (χ0) is 20.1. The lowest BCUT2D eigenvalue weighted by molar-refractivity contribution is -0.142. The molecule has 0 radical (unpaired) electrons. The minimum atomic E-state index is -1.29. The number of hydrogen-bond donors (Lipinski definition) is 4. The second-order valence-electron chi connectivity index (χ2n) is 5.14. The lowest BCUT2D eigenvalue weighted by Gasteiger charge is -2.15. The minimum Gasteiger partial charge on any atom is -0.480 e. The van der Waals surface area contributed by atoms with Crippen molar-refractivity contribution in [3.8, 4) is 0 Å². The van der Waals surface area contributed by atoms with Crippen LogP contribution in [0.3, 0.4) is 0 Å². The lowest BCUT2D eigenvalue weighted by Crippen LogP contribution is -2.37. The van der Waals surface area contributed by atoms with Crippen LogP contribution < -0.4 is 11.2 Å². The minimum absolute atomic E-state index is 0.0128. The molecule has 0 aliphatic heterocycles. The Morgan fingerprint density at radius 3 is 2.00 bits per heavy atom. The molecule has 0 spiro atoms. The van der Waals surface area contributed by atoms with E-state index in [4.69, 9.17) is 9.94 Å². The van der Waals surface area contributed by atoms with Crippen LogP contribution in [-0.4, -0.2) is 40.7 Å². The van der Waals surface area contributed by atoms with Gasteiger partial charge < -0.3 is 15.9 Å². The van der Waals surface area contributed by atoms with E-state index in [1.807, 2.05) is 30.3 Å². The molecular weight excluding hydrogens is 352 g/mol. The van der Waals surface area contributed by atoms with Crippen LogP contribution in [0.15, 0.2) is 60.7 Å². The normalized spacial score (nSPS) is 10.7. The van der Waals surface area contributed by atoms with E-state index in [9.17, 15) is 19.5 Å². The summed E-state index contributed by atoms with van der Waals surface area (Å²) in [5.41, 5.74) is 8.35. The Hall–Kier alpha value is -3.29. The van der Waals surface area contributed by atoms with Crippen molar-refractivity contribution in [1.29, 1.82) is 0 Å². The second kappa shape index (κ2) is 12.1. The standard InChI is InChI=1S/C17H15NO4.C2H5NO2/c19-11-15(14-9-5-2-6-10-14)16(17(20)21)18-22-12-13-7-3-1-4-8-13;3-1-2(4)5/h1-10,16,18H,12H2,(H,20,21);1,3H2,(H,4,5)/t16-;/m0./s1. The van der Waals surface area contributed by atoms with E-state index in [1.165, 1.54) is 0 Å². The van der Waals surface area contributed by atoms with E-state index in [0.717, 1.165) is 5.56 Å². The Labute approximate surface area is 155 Å². The molecule has 8 nitrogen and oxygen atoms in total. The zero-order valence-electron chi connectivity index (χ0n) is 14.4. The number of hydrogen-bond acceptors (Lipinski definition) is 6. The van der Waals surface area contributed by atoms with E-state index in [-0.39, 0.29) is 18.7 Å². The quantitative estimate of drug-likeness (QED) is 0.399. The maximum atomic E-state index is 11.4. The van der Waals surface area contributed by atoms with Gasteiger partial charge >= 0.3 is 11.9 Å². The molecule has 0 fully saturated rings. The van der Waals surface area contributed by atoms with E-state index in [0.29, 0.717) is 5.56 Å². The Balaban J connectivity index is 0.000000646. The Kier molecular flexibility index (Phi) is 9.77. The number of carbonyl (C=O) groups is 2. The molecule has 2 aromatic rings. The van der Waals surface area contributed by atoms with Crippen molar-refractivity contribution in [3.05, 3.63) is 71.8 Å². The Bertz CT molecular complexity index is 773. The van der Waals surface area contributed by atoms with Gasteiger partial charge in [-0.2, -0.15) is 5.48 Å². The predicted molar refractivity (Wildman–Crippen MR) is 98.0 cm³/mol. The van der Waals surface area contributed by atoms with Gasteiger partial charge in [-0.1, -0.05) is 60.7 Å². The van der Waals surface area contributed by atoms with E-state index in [1.54, 1.807) is 36.3 Å². The SMILES string of the molecule is NCC(=O)O.O=C=C(c1ccccc1)[C@H](NOCc1ccccc1)C(=O)O. The van der Waals surface area contributed by atoms with Crippen molar-refractivity contribution < 1.29 is 29.4 Å². The van der Waals surface area contributed by atoms with Gasteiger partial charge in [0.05, 0.1) is 18.7 Å². The van der Waals surface area contributed by atoms with Crippen LogP contribution in [0.25, 0.3) is 5.57 Å². The van der Waals surface area contributed by atoms with Crippen LogP contribution in [0.2, 0.25) is 0 Å². The number of carboxylic acids is 2. The first-order valence-electron chi connectivity index (χ1n) is 7.86. The summed E-state index contributed by atoms with van der Waals surface area (Å²) in [6.07, 6.45) is 0. The summed E-state index contributed by atoms with van der Waals surface area (Å²) in [5, 5.41) is 16.9. The monoisotopic (exact) mass is 372 g/mol. The molecule has 27 heavy (non-hydrogen) atoms. The van der Waals surface area contributed by atoms with Gasteiger partial charge in [0.2, 0.25) is 0 Å². The molecule has 0 saturated carbocycles. The van der Waals surface area contributed by atoms with Gasteiger partial charge in [0.1, 0.15) is 5.94 Å². The third kappa shape index (κ3) is 8.08. The average molecular weight is 372 g/mol. The van der Waals surface area contributed by atoms with Crippen molar-refractivity contribution >= 4 is 23.5 Å². The highest BCUT2D eigenvalue weighted by Gasteiger charge is 2.25. The second-order valence-corrected chi connectivity index (χ2v) is 5.14. The van der Waals surface area contributed by atoms with E-state index >= 15 is 0 Å². The maximum Gasteiger partial charge on any atom is 0.328 e. The number of nitrogens with one attached hydrogen (secondary N) is 1. The molecule has 0 unspecified atom stereocenters. The number of aliphatic carboxylic acids is 2. The van der Waals surface area contributed by atoms with Gasteiger partial charge in [-0.15, -0.1) is 0 Å². The predicted octanol–water partition coefficient (Wildman–Crippen LogP) is 1.11. The number of nitrogens with two attached hydrogens (primary N) is 1. The Morgan fingerprint density at radius 2 is 1.56 bits per heavy atom. The summed E-state index contributed by atoms with van der Waals surface area (Å²) < 4.78 is 0. The first kappa shape index (κ1) is 21.8. The average Bonchev–Trinajstić information content (AvgIpc) is 2.69. The topological polar surface area (TPSA) is 139 Å². The molecule has 8 heteroatoms. The highest BCUT2D eigenvalue weighted by molar-refractivity contribution is 6.01. The van der Waals surface area contributed by atoms with Gasteiger partial charge in [-0.05, 0) is 11.1 Å². The number of rotatable bonds is 8. The van der Waals surface area contributed by atoms with Gasteiger partial charge in [-0.25, -0.2) is 4.79 Å². The summed E-state index contributed by atoms with van der Waals surface area (Å²) in [6.45, 7) is -0.0917. The fourth-order valence-electron chi connectivity index (χ4n) is 1.92. The molecule has 0 bridgehead atoms. The summed E-state index contributed by atoms with van der Waals surface area (Å²) in [7, 11) is 0. The third-order valence-electron chi connectivity index (χ3n) is 3.19. The summed E-state index contributed by atoms with van der Waals surface area (Å²) >= 11 is 0. The smallest absolute Gasteiger partial charge is 0.328 e. The number of carbonyl (C=O) groups excluding carboxylic acids is 1. The van der Waals surface area contributed by atoms with E-state index in [2.05, 4.69) is 11.2 Å². The van der Waals surface area contributed by atoms with Crippen LogP contribution in [0.1, 0.15) is 11.1 Å². The molecule has 142 valence electrons. The molecule has 1 atom stereocenters. The molecule has 2 aromatic carbocycles. The number of carboxylic acid groups (broad SMARTS) is 2. The van der Waals surface area contributed by atoms with Crippen LogP contribution in [0.5, 0.6) is 0 Å². The maximum absolute atomic E-state index is 11.4. The molecule has 0 aromatic heterocycles. The van der Waals surface area contributed by atoms with Gasteiger partial charge in [0, 0.05) is 0 Å². The van der Waals surface area contributed by atoms with Crippen LogP contribution in [0, 0.1) is 0 Å². The van der Waals surface area contributed by atoms with Crippen molar-refractivity contribution in [2.75, 3.05) is 6.54 Å². The first-order valence-corrected chi connectivity index (χ1v) is 7.86. The van der Waals surface area contributed by atoms with Crippen molar-refractivity contribution in [1.82, 2.24) is 5.48 Å². The van der Waals surface area contributed by atoms with Crippen molar-refractivity contribution in [2.45, 2.75) is 12.6 Å². The molecule has 0 aliphatic carbocycles. The molecule has 0 saturated heterocycles. The van der Waals surface area contributed by atoms with Gasteiger partial charge in [0.25, 0.3) is 0 Å². The van der Waals surface area contributed by atoms with Gasteiger partial charge in [0.15, 0.2) is 6.04 Å². The molecule has 5 N–H and O–H groups in total. The fourth-order valence-corrected chi connectivity index (χ4v) is 1.92. The van der Waals surface area contributed by atoms with Crippen LogP contribution in [0.4, 0.5) is 0 Å². The highest BCUT2D eigenvalue weighted by atomic mass is 16.6. The van der Waals surface area contributed by atoms with Crippen molar-refractivity contribution in [3.63, 3.8) is 0 Å². The molecular formula is C19H20N2O6. The highest BCUT2D eigenvalue weighted by Crippen LogP contribution is 2.16. The molecule has 0 heterocycles. The van der Waals surface area contributed by atoms with Crippen LogP contribution >= 0.6 is 0 Å². The molecule has 0 amide bonds. The van der Waals surface area contributed by atoms with E-state index < -0.39 is 18.0 Å². The number of benzene rings is 2. The summed E-state index contributed by atoms with van der Waals surface area (Å²) in [5.74, 6) is -0.489. The first-order chi connectivity index (χ1) is 13.0. The summed E-state index contributed by atoms with van der Waals surface area (Å²) in [6, 6.07) is 16.5. The molecule has 0 aliphatic rings. The Morgan fingerprint density at radius 1 is 1.04 bits per heavy atom. The zero-order valence-corrected chi connectivity index (χ0v) is 14.4.